The average molecular weight is 323 g/mol. The van der Waals surface area contributed by atoms with Crippen LogP contribution in [-0.2, 0) is 11.3 Å². The first-order valence-electron chi connectivity index (χ1n) is 8.40. The van der Waals surface area contributed by atoms with Crippen LogP contribution < -0.4 is 4.74 Å². The first-order valence-corrected chi connectivity index (χ1v) is 8.40. The molecule has 0 radical (unpaired) electrons. The first-order chi connectivity index (χ1) is 11.8. The minimum absolute atomic E-state index is 0.208. The zero-order chi connectivity index (χ0) is 16.4. The molecule has 0 aliphatic carbocycles. The number of carbonyl (C=O) groups is 1. The van der Waals surface area contributed by atoms with Crippen LogP contribution in [0.5, 0.6) is 5.75 Å². The Hall–Kier alpha value is -2.40. The molecule has 2 aliphatic heterocycles. The Morgan fingerprint density at radius 2 is 1.96 bits per heavy atom. The maximum Gasteiger partial charge on any atom is 0.236 e. The molecule has 5 heteroatoms. The topological polar surface area (TPSA) is 45.7 Å². The lowest BCUT2D eigenvalue weighted by atomic mass is 9.92. The second kappa shape index (κ2) is 6.61. The van der Waals surface area contributed by atoms with E-state index in [4.69, 9.17) is 4.74 Å². The van der Waals surface area contributed by atoms with Gasteiger partial charge in [-0.05, 0) is 23.8 Å². The van der Waals surface area contributed by atoms with Gasteiger partial charge in [0.05, 0.1) is 6.54 Å². The molecule has 1 fully saturated rings. The zero-order valence-electron chi connectivity index (χ0n) is 13.6. The fourth-order valence-corrected chi connectivity index (χ4v) is 3.33. The van der Waals surface area contributed by atoms with Gasteiger partial charge in [0.1, 0.15) is 12.4 Å². The van der Waals surface area contributed by atoms with Crippen molar-refractivity contribution in [3.63, 3.8) is 0 Å². The van der Waals surface area contributed by atoms with Crippen LogP contribution >= 0.6 is 0 Å². The number of nitrogens with zero attached hydrogens (tertiary/aromatic N) is 3. The van der Waals surface area contributed by atoms with Gasteiger partial charge in [-0.15, -0.1) is 0 Å². The summed E-state index contributed by atoms with van der Waals surface area (Å²) in [5.74, 6) is 1.60. The Morgan fingerprint density at radius 3 is 2.79 bits per heavy atom. The lowest BCUT2D eigenvalue weighted by Crippen LogP contribution is -2.51. The average Bonchev–Trinajstić information content (AvgIpc) is 2.76. The van der Waals surface area contributed by atoms with E-state index < -0.39 is 0 Å². The second-order valence-electron chi connectivity index (χ2n) is 6.44. The van der Waals surface area contributed by atoms with Gasteiger partial charge >= 0.3 is 0 Å². The van der Waals surface area contributed by atoms with Crippen LogP contribution in [0.15, 0.2) is 48.8 Å². The number of fused-ring (bicyclic) bond motifs is 1. The van der Waals surface area contributed by atoms with Gasteiger partial charge in [0.2, 0.25) is 5.91 Å². The lowest BCUT2D eigenvalue weighted by Gasteiger charge is -2.40. The molecule has 0 N–H and O–H groups in total. The van der Waals surface area contributed by atoms with Crippen molar-refractivity contribution in [2.75, 3.05) is 32.8 Å². The number of aromatic nitrogens is 1. The predicted molar refractivity (Wildman–Crippen MR) is 90.8 cm³/mol. The largest absolute Gasteiger partial charge is 0.492 e. The molecular weight excluding hydrogens is 302 g/mol. The smallest absolute Gasteiger partial charge is 0.236 e. The maximum absolute atomic E-state index is 12.5. The highest BCUT2D eigenvalue weighted by atomic mass is 16.5. The highest BCUT2D eigenvalue weighted by molar-refractivity contribution is 5.79. The summed E-state index contributed by atoms with van der Waals surface area (Å²) >= 11 is 0. The molecule has 1 saturated heterocycles. The molecule has 0 saturated carbocycles. The van der Waals surface area contributed by atoms with Crippen molar-refractivity contribution >= 4 is 5.91 Å². The molecule has 0 spiro atoms. The summed E-state index contributed by atoms with van der Waals surface area (Å²) in [5, 5.41) is 0. The number of pyridine rings is 1. The van der Waals surface area contributed by atoms with Gasteiger partial charge in [-0.1, -0.05) is 18.2 Å². The van der Waals surface area contributed by atoms with E-state index in [0.717, 1.165) is 37.5 Å². The number of hydrogen-bond acceptors (Lipinski definition) is 4. The summed E-state index contributed by atoms with van der Waals surface area (Å²) in [6.45, 7) is 4.25. The molecule has 0 atom stereocenters. The number of likely N-dealkylation sites (tertiary alicyclic amines) is 1. The highest BCUT2D eigenvalue weighted by Gasteiger charge is 2.32. The van der Waals surface area contributed by atoms with Crippen LogP contribution in [0, 0.1) is 0 Å². The van der Waals surface area contributed by atoms with Crippen molar-refractivity contribution in [2.24, 2.45) is 0 Å². The van der Waals surface area contributed by atoms with Gasteiger partial charge < -0.3 is 9.64 Å². The molecule has 1 aromatic carbocycles. The number of hydrogen-bond donors (Lipinski definition) is 0. The molecule has 4 rings (SSSR count). The monoisotopic (exact) mass is 323 g/mol. The van der Waals surface area contributed by atoms with Gasteiger partial charge in [0.25, 0.3) is 0 Å². The van der Waals surface area contributed by atoms with E-state index >= 15 is 0 Å². The molecule has 0 bridgehead atoms. The van der Waals surface area contributed by atoms with Crippen LogP contribution in [-0.4, -0.2) is 53.5 Å². The van der Waals surface area contributed by atoms with E-state index in [1.807, 2.05) is 47.6 Å². The third-order valence-corrected chi connectivity index (χ3v) is 4.80. The Bertz CT molecular complexity index is 714. The van der Waals surface area contributed by atoms with E-state index in [0.29, 0.717) is 19.1 Å². The van der Waals surface area contributed by atoms with Gasteiger partial charge in [0.15, 0.2) is 0 Å². The van der Waals surface area contributed by atoms with Gasteiger partial charge in [0, 0.05) is 50.1 Å². The molecule has 124 valence electrons. The molecule has 1 amide bonds. The Kier molecular flexibility index (Phi) is 4.17. The number of benzene rings is 1. The molecule has 5 nitrogen and oxygen atoms in total. The summed E-state index contributed by atoms with van der Waals surface area (Å²) in [5.41, 5.74) is 2.42. The van der Waals surface area contributed by atoms with Crippen molar-refractivity contribution in [3.05, 3.63) is 59.9 Å². The number of rotatable bonds is 3. The van der Waals surface area contributed by atoms with Crippen LogP contribution in [0.3, 0.4) is 0 Å². The quantitative estimate of drug-likeness (QED) is 0.865. The summed E-state index contributed by atoms with van der Waals surface area (Å²) in [4.78, 5) is 20.7. The molecule has 24 heavy (non-hydrogen) atoms. The van der Waals surface area contributed by atoms with Crippen molar-refractivity contribution in [3.8, 4) is 5.75 Å². The van der Waals surface area contributed by atoms with E-state index in [1.165, 1.54) is 5.56 Å². The SMILES string of the molecule is O=C(CN1CCOc2ccccc2C1)N1CC(c2ccncc2)C1. The van der Waals surface area contributed by atoms with Crippen molar-refractivity contribution in [1.29, 1.82) is 0 Å². The number of para-hydroxylation sites is 1. The molecule has 3 heterocycles. The van der Waals surface area contributed by atoms with Gasteiger partial charge in [-0.2, -0.15) is 0 Å². The third kappa shape index (κ3) is 3.12. The van der Waals surface area contributed by atoms with Crippen molar-refractivity contribution in [1.82, 2.24) is 14.8 Å². The Morgan fingerprint density at radius 1 is 1.17 bits per heavy atom. The zero-order valence-corrected chi connectivity index (χ0v) is 13.6. The number of amides is 1. The van der Waals surface area contributed by atoms with E-state index in [9.17, 15) is 4.79 Å². The van der Waals surface area contributed by atoms with E-state index in [-0.39, 0.29) is 5.91 Å². The van der Waals surface area contributed by atoms with Crippen LogP contribution in [0.2, 0.25) is 0 Å². The molecule has 2 aliphatic rings. The van der Waals surface area contributed by atoms with Crippen molar-refractivity contribution in [2.45, 2.75) is 12.5 Å². The summed E-state index contributed by atoms with van der Waals surface area (Å²) in [6, 6.07) is 12.1. The normalized spacial score (nSPS) is 18.2. The first kappa shape index (κ1) is 15.1. The lowest BCUT2D eigenvalue weighted by molar-refractivity contribution is -0.137. The molecule has 0 unspecified atom stereocenters. The molecule has 2 aromatic rings. The second-order valence-corrected chi connectivity index (χ2v) is 6.44. The molecular formula is C19H21N3O2. The summed E-state index contributed by atoms with van der Waals surface area (Å²) in [7, 11) is 0. The number of ether oxygens (including phenoxy) is 1. The fourth-order valence-electron chi connectivity index (χ4n) is 3.33. The third-order valence-electron chi connectivity index (χ3n) is 4.80. The minimum Gasteiger partial charge on any atom is -0.492 e. The van der Waals surface area contributed by atoms with Crippen LogP contribution in [0.4, 0.5) is 0 Å². The maximum atomic E-state index is 12.5. The number of carbonyl (C=O) groups excluding carboxylic acids is 1. The summed E-state index contributed by atoms with van der Waals surface area (Å²) < 4.78 is 5.76. The molecule has 1 aromatic heterocycles. The Balaban J connectivity index is 1.33. The van der Waals surface area contributed by atoms with Gasteiger partial charge in [-0.3, -0.25) is 14.7 Å². The fraction of sp³-hybridized carbons (Fsp3) is 0.368. The van der Waals surface area contributed by atoms with Crippen molar-refractivity contribution < 1.29 is 9.53 Å². The van der Waals surface area contributed by atoms with Crippen LogP contribution in [0.1, 0.15) is 17.0 Å². The van der Waals surface area contributed by atoms with E-state index in [1.54, 1.807) is 0 Å². The standard InChI is InChI=1S/C19H21N3O2/c23-19(22-12-17(13-22)15-5-7-20-8-6-15)14-21-9-10-24-18-4-2-1-3-16(18)11-21/h1-8,17H,9-14H2. The van der Waals surface area contributed by atoms with E-state index in [2.05, 4.69) is 16.0 Å². The summed E-state index contributed by atoms with van der Waals surface area (Å²) in [6.07, 6.45) is 3.63. The van der Waals surface area contributed by atoms with Crippen LogP contribution in [0.25, 0.3) is 0 Å². The Labute approximate surface area is 141 Å². The minimum atomic E-state index is 0.208. The highest BCUT2D eigenvalue weighted by Crippen LogP contribution is 2.27. The van der Waals surface area contributed by atoms with Gasteiger partial charge in [-0.25, -0.2) is 0 Å². The predicted octanol–water partition coefficient (Wildman–Crippen LogP) is 1.90.